The molecule has 1 heterocycles. The Morgan fingerprint density at radius 3 is 2.63 bits per heavy atom. The number of amides is 2. The maximum atomic E-state index is 12.6. The second kappa shape index (κ2) is 8.08. The molecule has 11 nitrogen and oxygen atoms in total. The number of para-hydroxylation sites is 1. The van der Waals surface area contributed by atoms with Gasteiger partial charge in [0.05, 0.1) is 16.3 Å². The molecule has 2 aromatic rings. The fraction of sp³-hybridized carbons (Fsp3) is 0.222. The Morgan fingerprint density at radius 1 is 1.27 bits per heavy atom. The summed E-state index contributed by atoms with van der Waals surface area (Å²) < 4.78 is 31.2. The van der Waals surface area contributed by atoms with Crippen molar-refractivity contribution in [2.45, 2.75) is 4.90 Å². The molecule has 0 radical (unpaired) electrons. The van der Waals surface area contributed by atoms with Gasteiger partial charge in [-0.25, -0.2) is 12.7 Å². The van der Waals surface area contributed by atoms with Crippen molar-refractivity contribution in [2.24, 2.45) is 0 Å². The predicted molar refractivity (Wildman–Crippen MR) is 107 cm³/mol. The molecule has 158 valence electrons. The van der Waals surface area contributed by atoms with Crippen LogP contribution in [0.15, 0.2) is 47.4 Å². The number of fused-ring (bicyclic) bond motifs is 1. The number of sulfonamides is 1. The summed E-state index contributed by atoms with van der Waals surface area (Å²) in [6, 6.07) is 9.58. The van der Waals surface area contributed by atoms with Gasteiger partial charge in [-0.05, 0) is 18.2 Å². The average molecular weight is 434 g/mol. The molecule has 0 aromatic heterocycles. The van der Waals surface area contributed by atoms with Gasteiger partial charge in [0.25, 0.3) is 11.6 Å². The Balaban J connectivity index is 1.88. The number of nitro benzene ring substituents is 1. The van der Waals surface area contributed by atoms with E-state index in [0.717, 1.165) is 15.3 Å². The number of nitro groups is 1. The molecule has 0 saturated carbocycles. The molecule has 2 aromatic carbocycles. The predicted octanol–water partition coefficient (Wildman–Crippen LogP) is 1.21. The zero-order valence-corrected chi connectivity index (χ0v) is 16.9. The molecule has 0 fully saturated rings. The van der Waals surface area contributed by atoms with Gasteiger partial charge in [-0.3, -0.25) is 24.6 Å². The second-order valence-electron chi connectivity index (χ2n) is 6.51. The highest BCUT2D eigenvalue weighted by Crippen LogP contribution is 2.35. The minimum atomic E-state index is -3.82. The lowest BCUT2D eigenvalue weighted by Gasteiger charge is -2.28. The second-order valence-corrected chi connectivity index (χ2v) is 8.63. The van der Waals surface area contributed by atoms with E-state index >= 15 is 0 Å². The minimum absolute atomic E-state index is 0.0520. The van der Waals surface area contributed by atoms with E-state index in [9.17, 15) is 28.1 Å². The molecule has 0 atom stereocenters. The SMILES string of the molecule is CN(C)S(=O)(=O)c1ccccc1NC(=O)CN1C(=O)COc2ccc([N+](=O)[O-])cc21. The minimum Gasteiger partial charge on any atom is -0.482 e. The fourth-order valence-electron chi connectivity index (χ4n) is 2.80. The first kappa shape index (κ1) is 21.2. The van der Waals surface area contributed by atoms with E-state index in [1.165, 1.54) is 44.4 Å². The standard InChI is InChI=1S/C18H18N4O7S/c1-20(2)30(27,28)16-6-4-3-5-13(16)19-17(23)10-21-14-9-12(22(25)26)7-8-15(14)29-11-18(21)24/h3-9H,10-11H2,1-2H3,(H,19,23). The molecule has 0 spiro atoms. The zero-order chi connectivity index (χ0) is 22.1. The van der Waals surface area contributed by atoms with E-state index in [1.54, 1.807) is 6.07 Å². The average Bonchev–Trinajstić information content (AvgIpc) is 2.69. The first-order chi connectivity index (χ1) is 14.1. The number of hydrogen-bond donors (Lipinski definition) is 1. The van der Waals surface area contributed by atoms with Gasteiger partial charge in [0, 0.05) is 26.2 Å². The third kappa shape index (κ3) is 4.09. The summed E-state index contributed by atoms with van der Waals surface area (Å²) in [5.74, 6) is -1.01. The summed E-state index contributed by atoms with van der Waals surface area (Å²) in [6.07, 6.45) is 0. The van der Waals surface area contributed by atoms with Gasteiger partial charge in [-0.15, -0.1) is 0 Å². The molecular weight excluding hydrogens is 416 g/mol. The Hall–Kier alpha value is -3.51. The van der Waals surface area contributed by atoms with E-state index in [2.05, 4.69) is 5.32 Å². The molecule has 3 rings (SSSR count). The summed E-state index contributed by atoms with van der Waals surface area (Å²) in [5, 5.41) is 13.5. The van der Waals surface area contributed by atoms with Crippen molar-refractivity contribution in [1.82, 2.24) is 4.31 Å². The third-order valence-corrected chi connectivity index (χ3v) is 6.19. The molecule has 0 bridgehead atoms. The van der Waals surface area contributed by atoms with Crippen LogP contribution in [0.3, 0.4) is 0 Å². The molecule has 30 heavy (non-hydrogen) atoms. The van der Waals surface area contributed by atoms with Crippen LogP contribution >= 0.6 is 0 Å². The Kier molecular flexibility index (Phi) is 5.71. The number of nitrogens with one attached hydrogen (secondary N) is 1. The topological polar surface area (TPSA) is 139 Å². The van der Waals surface area contributed by atoms with E-state index in [1.807, 2.05) is 0 Å². The van der Waals surface area contributed by atoms with Crippen LogP contribution in [0.4, 0.5) is 17.1 Å². The van der Waals surface area contributed by atoms with Gasteiger partial charge in [0.15, 0.2) is 6.61 Å². The summed E-state index contributed by atoms with van der Waals surface area (Å²) in [6.45, 7) is -0.809. The van der Waals surface area contributed by atoms with E-state index < -0.39 is 33.3 Å². The number of hydrogen-bond acceptors (Lipinski definition) is 7. The maximum absolute atomic E-state index is 12.6. The molecule has 1 N–H and O–H groups in total. The highest BCUT2D eigenvalue weighted by Gasteiger charge is 2.30. The molecular formula is C18H18N4O7S. The van der Waals surface area contributed by atoms with Gasteiger partial charge < -0.3 is 10.1 Å². The van der Waals surface area contributed by atoms with Crippen molar-refractivity contribution in [3.63, 3.8) is 0 Å². The van der Waals surface area contributed by atoms with Crippen molar-refractivity contribution in [2.75, 3.05) is 37.5 Å². The third-order valence-electron chi connectivity index (χ3n) is 4.32. The van der Waals surface area contributed by atoms with Gasteiger partial charge in [0.2, 0.25) is 15.9 Å². The summed E-state index contributed by atoms with van der Waals surface area (Å²) in [4.78, 5) is 36.3. The molecule has 0 unspecified atom stereocenters. The smallest absolute Gasteiger partial charge is 0.271 e. The maximum Gasteiger partial charge on any atom is 0.271 e. The van der Waals surface area contributed by atoms with Crippen molar-refractivity contribution in [3.05, 3.63) is 52.6 Å². The summed E-state index contributed by atoms with van der Waals surface area (Å²) in [7, 11) is -1.09. The Labute approximate surface area is 172 Å². The van der Waals surface area contributed by atoms with Crippen LogP contribution in [-0.2, 0) is 19.6 Å². The van der Waals surface area contributed by atoms with Gasteiger partial charge in [-0.1, -0.05) is 12.1 Å². The van der Waals surface area contributed by atoms with Crippen molar-refractivity contribution < 1.29 is 27.7 Å². The lowest BCUT2D eigenvalue weighted by atomic mass is 10.2. The molecule has 0 saturated heterocycles. The van der Waals surface area contributed by atoms with Crippen LogP contribution in [0.2, 0.25) is 0 Å². The number of ether oxygens (including phenoxy) is 1. The first-order valence-corrected chi connectivity index (χ1v) is 10.1. The molecule has 1 aliphatic heterocycles. The summed E-state index contributed by atoms with van der Waals surface area (Å²) in [5.41, 5.74) is -0.124. The number of carbonyl (C=O) groups excluding carboxylic acids is 2. The number of benzene rings is 2. The number of non-ortho nitro benzene ring substituents is 1. The lowest BCUT2D eigenvalue weighted by molar-refractivity contribution is -0.384. The van der Waals surface area contributed by atoms with Crippen LogP contribution in [0.5, 0.6) is 5.75 Å². The van der Waals surface area contributed by atoms with Crippen LogP contribution in [0.1, 0.15) is 0 Å². The highest BCUT2D eigenvalue weighted by molar-refractivity contribution is 7.89. The largest absolute Gasteiger partial charge is 0.482 e. The molecule has 1 aliphatic rings. The van der Waals surface area contributed by atoms with Gasteiger partial charge in [0.1, 0.15) is 17.2 Å². The first-order valence-electron chi connectivity index (χ1n) is 8.64. The van der Waals surface area contributed by atoms with Crippen LogP contribution in [0.25, 0.3) is 0 Å². The van der Waals surface area contributed by atoms with E-state index in [0.29, 0.717) is 0 Å². The van der Waals surface area contributed by atoms with Crippen LogP contribution in [-0.4, -0.2) is 56.7 Å². The normalized spacial score (nSPS) is 13.6. The van der Waals surface area contributed by atoms with Crippen molar-refractivity contribution in [1.29, 1.82) is 0 Å². The quantitative estimate of drug-likeness (QED) is 0.532. The number of carbonyl (C=O) groups is 2. The fourth-order valence-corrected chi connectivity index (χ4v) is 3.84. The molecule has 2 amide bonds. The number of anilines is 2. The van der Waals surface area contributed by atoms with Gasteiger partial charge in [-0.2, -0.15) is 0 Å². The van der Waals surface area contributed by atoms with Crippen LogP contribution in [0, 0.1) is 10.1 Å². The highest BCUT2D eigenvalue weighted by atomic mass is 32.2. The lowest BCUT2D eigenvalue weighted by Crippen LogP contribution is -2.43. The van der Waals surface area contributed by atoms with Crippen molar-refractivity contribution in [3.8, 4) is 5.75 Å². The zero-order valence-electron chi connectivity index (χ0n) is 16.1. The summed E-state index contributed by atoms with van der Waals surface area (Å²) >= 11 is 0. The molecule has 12 heteroatoms. The number of nitrogens with zero attached hydrogens (tertiary/aromatic N) is 3. The van der Waals surface area contributed by atoms with Gasteiger partial charge >= 0.3 is 0 Å². The van der Waals surface area contributed by atoms with Crippen LogP contribution < -0.4 is 15.0 Å². The monoisotopic (exact) mass is 434 g/mol. The Bertz CT molecular complexity index is 1130. The number of rotatable bonds is 6. The molecule has 0 aliphatic carbocycles. The Morgan fingerprint density at radius 2 is 1.97 bits per heavy atom. The van der Waals surface area contributed by atoms with E-state index in [-0.39, 0.29) is 34.3 Å². The van der Waals surface area contributed by atoms with Crippen molar-refractivity contribution >= 4 is 38.9 Å². The van der Waals surface area contributed by atoms with E-state index in [4.69, 9.17) is 4.74 Å².